The van der Waals surface area contributed by atoms with E-state index in [2.05, 4.69) is 5.10 Å². The second-order valence-electron chi connectivity index (χ2n) is 8.46. The zero-order chi connectivity index (χ0) is 20.6. The van der Waals surface area contributed by atoms with E-state index in [1.807, 2.05) is 26.0 Å². The molecule has 1 aliphatic heterocycles. The molecule has 3 heterocycles. The van der Waals surface area contributed by atoms with E-state index in [1.54, 1.807) is 4.68 Å². The summed E-state index contributed by atoms with van der Waals surface area (Å²) in [5.74, 6) is -2.12. The molecule has 2 fully saturated rings. The molecule has 2 aliphatic rings. The molecule has 0 amide bonds. The number of rotatable bonds is 4. The van der Waals surface area contributed by atoms with Crippen molar-refractivity contribution in [1.29, 1.82) is 0 Å². The lowest BCUT2D eigenvalue weighted by Gasteiger charge is -2.29. The molecule has 1 saturated carbocycles. The highest BCUT2D eigenvalue weighted by Gasteiger charge is 2.35. The molecule has 0 bridgehead atoms. The number of nitrogens with zero attached hydrogens (tertiary/aromatic N) is 4. The van der Waals surface area contributed by atoms with Crippen molar-refractivity contribution in [2.75, 3.05) is 13.2 Å². The maximum atomic E-state index is 13.5. The van der Waals surface area contributed by atoms with Crippen LogP contribution in [0.15, 0.2) is 12.1 Å². The molecular formula is C21H28F2N4O2. The summed E-state index contributed by atoms with van der Waals surface area (Å²) in [5.41, 5.74) is 3.33. The van der Waals surface area contributed by atoms with Crippen LogP contribution in [-0.2, 0) is 11.2 Å². The summed E-state index contributed by atoms with van der Waals surface area (Å²) in [4.78, 5) is 9.40. The van der Waals surface area contributed by atoms with Gasteiger partial charge in [-0.3, -0.25) is 0 Å². The summed E-state index contributed by atoms with van der Waals surface area (Å²) in [5, 5.41) is 15.0. The van der Waals surface area contributed by atoms with E-state index in [1.165, 1.54) is 0 Å². The highest BCUT2D eigenvalue weighted by atomic mass is 19.3. The smallest absolute Gasteiger partial charge is 0.251 e. The third-order valence-corrected chi connectivity index (χ3v) is 6.02. The van der Waals surface area contributed by atoms with Crippen LogP contribution < -0.4 is 0 Å². The Morgan fingerprint density at radius 2 is 1.93 bits per heavy atom. The Kier molecular flexibility index (Phi) is 5.66. The number of ether oxygens (including phenoxy) is 1. The average molecular weight is 406 g/mol. The molecule has 1 N–H and O–H groups in total. The monoisotopic (exact) mass is 406 g/mol. The highest BCUT2D eigenvalue weighted by Crippen LogP contribution is 2.37. The van der Waals surface area contributed by atoms with Gasteiger partial charge in [0.25, 0.3) is 5.95 Å². The minimum Gasteiger partial charge on any atom is -0.392 e. The molecule has 4 rings (SSSR count). The van der Waals surface area contributed by atoms with Gasteiger partial charge >= 0.3 is 0 Å². The van der Waals surface area contributed by atoms with Crippen molar-refractivity contribution in [3.63, 3.8) is 0 Å². The molecule has 1 saturated heterocycles. The maximum absolute atomic E-state index is 13.5. The zero-order valence-corrected chi connectivity index (χ0v) is 16.9. The first-order chi connectivity index (χ1) is 13.8. The Balaban J connectivity index is 1.65. The predicted octanol–water partition coefficient (Wildman–Crippen LogP) is 3.51. The fraction of sp³-hybridized carbons (Fsp3) is 0.667. The van der Waals surface area contributed by atoms with Crippen molar-refractivity contribution >= 4 is 0 Å². The van der Waals surface area contributed by atoms with Crippen molar-refractivity contribution in [1.82, 2.24) is 19.7 Å². The molecule has 158 valence electrons. The molecule has 0 spiro atoms. The lowest BCUT2D eigenvalue weighted by Crippen LogP contribution is -2.31. The topological polar surface area (TPSA) is 73.1 Å². The minimum atomic E-state index is -2.54. The normalized spacial score (nSPS) is 25.3. The summed E-state index contributed by atoms with van der Waals surface area (Å²) in [6, 6.07) is 3.86. The van der Waals surface area contributed by atoms with Crippen molar-refractivity contribution in [3.8, 4) is 5.95 Å². The maximum Gasteiger partial charge on any atom is 0.251 e. The van der Waals surface area contributed by atoms with Crippen molar-refractivity contribution in [2.24, 2.45) is 5.92 Å². The van der Waals surface area contributed by atoms with Gasteiger partial charge in [-0.2, -0.15) is 5.10 Å². The zero-order valence-electron chi connectivity index (χ0n) is 16.9. The molecule has 0 radical (unpaired) electrons. The van der Waals surface area contributed by atoms with Crippen LogP contribution in [0.2, 0.25) is 0 Å². The molecule has 8 heteroatoms. The van der Waals surface area contributed by atoms with E-state index >= 15 is 0 Å². The van der Waals surface area contributed by atoms with Crippen molar-refractivity contribution in [3.05, 3.63) is 34.9 Å². The van der Waals surface area contributed by atoms with Gasteiger partial charge in [0.1, 0.15) is 0 Å². The lowest BCUT2D eigenvalue weighted by atomic mass is 9.83. The summed E-state index contributed by atoms with van der Waals surface area (Å²) in [7, 11) is 0. The molecular weight excluding hydrogens is 378 g/mol. The van der Waals surface area contributed by atoms with Gasteiger partial charge in [-0.15, -0.1) is 0 Å². The largest absolute Gasteiger partial charge is 0.392 e. The molecule has 0 unspecified atom stereocenters. The number of aliphatic hydroxyl groups excluding tert-OH is 1. The van der Waals surface area contributed by atoms with Gasteiger partial charge in [-0.1, -0.05) is 0 Å². The van der Waals surface area contributed by atoms with E-state index in [9.17, 15) is 13.9 Å². The van der Waals surface area contributed by atoms with Gasteiger partial charge in [0.2, 0.25) is 5.92 Å². The predicted molar refractivity (Wildman–Crippen MR) is 103 cm³/mol. The fourth-order valence-electron chi connectivity index (χ4n) is 4.33. The summed E-state index contributed by atoms with van der Waals surface area (Å²) in [6.45, 7) is 4.80. The lowest BCUT2D eigenvalue weighted by molar-refractivity contribution is -0.0457. The van der Waals surface area contributed by atoms with Crippen LogP contribution in [-0.4, -0.2) is 50.1 Å². The number of aliphatic hydroxyl groups is 1. The van der Waals surface area contributed by atoms with Gasteiger partial charge in [0.05, 0.1) is 30.0 Å². The van der Waals surface area contributed by atoms with E-state index in [-0.39, 0.29) is 24.7 Å². The highest BCUT2D eigenvalue weighted by molar-refractivity contribution is 5.26. The molecule has 29 heavy (non-hydrogen) atoms. The van der Waals surface area contributed by atoms with Gasteiger partial charge < -0.3 is 9.84 Å². The third kappa shape index (κ3) is 4.64. The van der Waals surface area contributed by atoms with Crippen LogP contribution in [0.4, 0.5) is 8.78 Å². The van der Waals surface area contributed by atoms with E-state index in [4.69, 9.17) is 14.7 Å². The van der Waals surface area contributed by atoms with Crippen LogP contribution in [0.25, 0.3) is 5.95 Å². The fourth-order valence-corrected chi connectivity index (χ4v) is 4.33. The second-order valence-corrected chi connectivity index (χ2v) is 8.46. The molecule has 2 aromatic rings. The second kappa shape index (κ2) is 8.07. The van der Waals surface area contributed by atoms with E-state index < -0.39 is 12.0 Å². The number of hydrogen-bond acceptors (Lipinski definition) is 5. The Labute approximate surface area is 169 Å². The average Bonchev–Trinajstić information content (AvgIpc) is 3.02. The SMILES string of the molecule is Cc1cc(C)n(-c2nc(CC3CCC(F)(F)CC3)cc([C@@H]3COCC[C@H]3O)n2)n1. The quantitative estimate of drug-likeness (QED) is 0.841. The molecule has 2 aromatic heterocycles. The third-order valence-electron chi connectivity index (χ3n) is 6.02. The van der Waals surface area contributed by atoms with Gasteiger partial charge in [0.15, 0.2) is 0 Å². The number of aryl methyl sites for hydroxylation is 2. The van der Waals surface area contributed by atoms with Crippen LogP contribution in [0.3, 0.4) is 0 Å². The van der Waals surface area contributed by atoms with E-state index in [0.29, 0.717) is 44.8 Å². The van der Waals surface area contributed by atoms with Gasteiger partial charge in [-0.05, 0) is 57.6 Å². The number of alkyl halides is 2. The Morgan fingerprint density at radius 1 is 1.17 bits per heavy atom. The van der Waals surface area contributed by atoms with Crippen LogP contribution in [0, 0.1) is 19.8 Å². The van der Waals surface area contributed by atoms with Crippen molar-refractivity contribution < 1.29 is 18.6 Å². The number of halogens is 2. The number of aromatic nitrogens is 4. The molecule has 1 aliphatic carbocycles. The first-order valence-corrected chi connectivity index (χ1v) is 10.4. The summed E-state index contributed by atoms with van der Waals surface area (Å²) in [6.07, 6.45) is 1.55. The number of hydrogen-bond donors (Lipinski definition) is 1. The molecule has 2 atom stereocenters. The van der Waals surface area contributed by atoms with Crippen molar-refractivity contribution in [2.45, 2.75) is 70.3 Å². The van der Waals surface area contributed by atoms with Gasteiger partial charge in [-0.25, -0.2) is 23.4 Å². The molecule has 6 nitrogen and oxygen atoms in total. The van der Waals surface area contributed by atoms with E-state index in [0.717, 1.165) is 22.8 Å². The van der Waals surface area contributed by atoms with Crippen LogP contribution in [0.5, 0.6) is 0 Å². The van der Waals surface area contributed by atoms with Crippen LogP contribution >= 0.6 is 0 Å². The molecule has 0 aromatic carbocycles. The Bertz CT molecular complexity index is 860. The summed E-state index contributed by atoms with van der Waals surface area (Å²) < 4.78 is 34.3. The Morgan fingerprint density at radius 3 is 2.59 bits per heavy atom. The summed E-state index contributed by atoms with van der Waals surface area (Å²) >= 11 is 0. The van der Waals surface area contributed by atoms with Crippen LogP contribution in [0.1, 0.15) is 60.8 Å². The first kappa shape index (κ1) is 20.3. The van der Waals surface area contributed by atoms with Gasteiger partial charge in [0, 0.05) is 30.8 Å². The first-order valence-electron chi connectivity index (χ1n) is 10.4. The standard InChI is InChI=1S/C21H28F2N4O2/c1-13-9-14(2)27(26-13)20-24-16(10-15-3-6-21(22,23)7-4-15)11-18(25-20)17-12-29-8-5-19(17)28/h9,11,15,17,19,28H,3-8,10,12H2,1-2H3/t17-,19+/m0/s1. The minimum absolute atomic E-state index is 0.0604. The Hall–Kier alpha value is -1.93.